The molecule has 1 aliphatic carbocycles. The van der Waals surface area contributed by atoms with Crippen molar-refractivity contribution in [3.63, 3.8) is 0 Å². The molecule has 0 heterocycles. The van der Waals surface area contributed by atoms with E-state index in [1.807, 2.05) is 24.3 Å². The van der Waals surface area contributed by atoms with Crippen molar-refractivity contribution in [1.82, 2.24) is 0 Å². The zero-order valence-corrected chi connectivity index (χ0v) is 11.8. The van der Waals surface area contributed by atoms with Gasteiger partial charge in [-0.3, -0.25) is 4.79 Å². The molecular weight excluding hydrogens is 327 g/mol. The van der Waals surface area contributed by atoms with Crippen LogP contribution in [0.15, 0.2) is 24.3 Å². The van der Waals surface area contributed by atoms with Gasteiger partial charge in [-0.05, 0) is 54.0 Å². The molecule has 4 heteroatoms. The van der Waals surface area contributed by atoms with Crippen LogP contribution in [0.1, 0.15) is 25.7 Å². The number of nitrogens with one attached hydrogen (secondary N) is 1. The van der Waals surface area contributed by atoms with Crippen molar-refractivity contribution in [1.29, 1.82) is 0 Å². The van der Waals surface area contributed by atoms with Crippen molar-refractivity contribution in [3.05, 3.63) is 27.8 Å². The van der Waals surface area contributed by atoms with Gasteiger partial charge in [0.2, 0.25) is 5.91 Å². The van der Waals surface area contributed by atoms with Crippen LogP contribution >= 0.6 is 22.6 Å². The standard InChI is InChI=1S/C13H17IN2O/c14-11-6-1-2-7-12(11)16-13(17)9-4-3-5-10(15)8-9/h1-2,6-7,9-10H,3-5,8,15H2,(H,16,17). The Labute approximate surface area is 115 Å². The number of nitrogens with two attached hydrogens (primary N) is 1. The quantitative estimate of drug-likeness (QED) is 0.811. The lowest BCUT2D eigenvalue weighted by molar-refractivity contribution is -0.120. The van der Waals surface area contributed by atoms with E-state index in [0.29, 0.717) is 0 Å². The first-order chi connectivity index (χ1) is 8.16. The van der Waals surface area contributed by atoms with Gasteiger partial charge in [0.25, 0.3) is 0 Å². The first kappa shape index (κ1) is 12.8. The Morgan fingerprint density at radius 3 is 2.82 bits per heavy atom. The van der Waals surface area contributed by atoms with Crippen LogP contribution in [0.3, 0.4) is 0 Å². The van der Waals surface area contributed by atoms with Crippen LogP contribution in [0, 0.1) is 9.49 Å². The molecule has 1 aromatic rings. The van der Waals surface area contributed by atoms with E-state index < -0.39 is 0 Å². The Morgan fingerprint density at radius 2 is 2.12 bits per heavy atom. The minimum Gasteiger partial charge on any atom is -0.328 e. The fourth-order valence-corrected chi connectivity index (χ4v) is 2.79. The van der Waals surface area contributed by atoms with E-state index in [4.69, 9.17) is 5.73 Å². The predicted octanol–water partition coefficient (Wildman–Crippen LogP) is 2.75. The second-order valence-corrected chi connectivity index (χ2v) is 5.75. The average molecular weight is 344 g/mol. The highest BCUT2D eigenvalue weighted by Crippen LogP contribution is 2.25. The molecule has 1 aromatic carbocycles. The summed E-state index contributed by atoms with van der Waals surface area (Å²) in [6.07, 6.45) is 3.88. The number of benzene rings is 1. The van der Waals surface area contributed by atoms with Crippen LogP contribution in [0.5, 0.6) is 0 Å². The maximum Gasteiger partial charge on any atom is 0.227 e. The molecule has 0 aliphatic heterocycles. The van der Waals surface area contributed by atoms with Crippen LogP contribution in [0.25, 0.3) is 0 Å². The van der Waals surface area contributed by atoms with Crippen molar-refractivity contribution < 1.29 is 4.79 Å². The van der Waals surface area contributed by atoms with Crippen molar-refractivity contribution >= 4 is 34.2 Å². The molecule has 1 fully saturated rings. The molecule has 0 aromatic heterocycles. The summed E-state index contributed by atoms with van der Waals surface area (Å²) in [6, 6.07) is 8.01. The van der Waals surface area contributed by atoms with Gasteiger partial charge >= 0.3 is 0 Å². The molecule has 1 aliphatic rings. The highest BCUT2D eigenvalue weighted by molar-refractivity contribution is 14.1. The third-order valence-electron chi connectivity index (χ3n) is 3.22. The van der Waals surface area contributed by atoms with Crippen molar-refractivity contribution in [3.8, 4) is 0 Å². The van der Waals surface area contributed by atoms with E-state index in [1.54, 1.807) is 0 Å². The summed E-state index contributed by atoms with van der Waals surface area (Å²) in [4.78, 5) is 12.1. The smallest absolute Gasteiger partial charge is 0.227 e. The molecule has 92 valence electrons. The minimum atomic E-state index is 0.0785. The number of rotatable bonds is 2. The Balaban J connectivity index is 1.99. The second-order valence-electron chi connectivity index (χ2n) is 4.59. The largest absolute Gasteiger partial charge is 0.328 e. The minimum absolute atomic E-state index is 0.0785. The molecule has 17 heavy (non-hydrogen) atoms. The Morgan fingerprint density at radius 1 is 1.35 bits per heavy atom. The van der Waals surface area contributed by atoms with Gasteiger partial charge in [0, 0.05) is 15.5 Å². The van der Waals surface area contributed by atoms with E-state index in [2.05, 4.69) is 27.9 Å². The maximum atomic E-state index is 12.1. The molecule has 2 atom stereocenters. The van der Waals surface area contributed by atoms with Gasteiger partial charge in [-0.1, -0.05) is 18.6 Å². The van der Waals surface area contributed by atoms with Crippen LogP contribution in [0.4, 0.5) is 5.69 Å². The van der Waals surface area contributed by atoms with Crippen LogP contribution < -0.4 is 11.1 Å². The van der Waals surface area contributed by atoms with Gasteiger partial charge in [0.1, 0.15) is 0 Å². The fraction of sp³-hybridized carbons (Fsp3) is 0.462. The van der Waals surface area contributed by atoms with Gasteiger partial charge in [-0.25, -0.2) is 0 Å². The maximum absolute atomic E-state index is 12.1. The molecular formula is C13H17IN2O. The van der Waals surface area contributed by atoms with E-state index in [-0.39, 0.29) is 17.9 Å². The Hall–Kier alpha value is -0.620. The number of carbonyl (C=O) groups is 1. The Kier molecular flexibility index (Phi) is 4.39. The lowest BCUT2D eigenvalue weighted by Gasteiger charge is -2.25. The molecule has 1 amide bonds. The number of anilines is 1. The van der Waals surface area contributed by atoms with Crippen molar-refractivity contribution in [2.45, 2.75) is 31.7 Å². The SMILES string of the molecule is NC1CCCC(C(=O)Nc2ccccc2I)C1. The third-order valence-corrected chi connectivity index (χ3v) is 4.16. The fourth-order valence-electron chi connectivity index (χ4n) is 2.26. The van der Waals surface area contributed by atoms with E-state index >= 15 is 0 Å². The zero-order chi connectivity index (χ0) is 12.3. The van der Waals surface area contributed by atoms with Crippen LogP contribution in [0.2, 0.25) is 0 Å². The molecule has 1 saturated carbocycles. The third kappa shape index (κ3) is 3.42. The summed E-state index contributed by atoms with van der Waals surface area (Å²) >= 11 is 2.23. The van der Waals surface area contributed by atoms with Gasteiger partial charge in [0.05, 0.1) is 5.69 Å². The summed E-state index contributed by atoms with van der Waals surface area (Å²) < 4.78 is 1.07. The summed E-state index contributed by atoms with van der Waals surface area (Å²) in [6.45, 7) is 0. The molecule has 0 bridgehead atoms. The van der Waals surface area contributed by atoms with Crippen molar-refractivity contribution in [2.24, 2.45) is 11.7 Å². The highest BCUT2D eigenvalue weighted by atomic mass is 127. The normalized spacial score (nSPS) is 24.4. The molecule has 0 spiro atoms. The number of para-hydroxylation sites is 1. The second kappa shape index (κ2) is 5.82. The first-order valence-corrected chi connectivity index (χ1v) is 7.05. The molecule has 2 rings (SSSR count). The molecule has 3 N–H and O–H groups in total. The van der Waals surface area contributed by atoms with Crippen LogP contribution in [-0.2, 0) is 4.79 Å². The summed E-state index contributed by atoms with van der Waals surface area (Å²) in [5.74, 6) is 0.194. The molecule has 0 radical (unpaired) electrons. The number of carbonyl (C=O) groups excluding carboxylic acids is 1. The zero-order valence-electron chi connectivity index (χ0n) is 9.66. The van der Waals surface area contributed by atoms with Gasteiger partial charge in [-0.2, -0.15) is 0 Å². The first-order valence-electron chi connectivity index (χ1n) is 5.98. The lowest BCUT2D eigenvalue weighted by Crippen LogP contribution is -2.34. The predicted molar refractivity (Wildman–Crippen MR) is 77.7 cm³/mol. The molecule has 3 nitrogen and oxygen atoms in total. The number of hydrogen-bond acceptors (Lipinski definition) is 2. The van der Waals surface area contributed by atoms with E-state index in [9.17, 15) is 4.79 Å². The Bertz CT molecular complexity index is 408. The number of halogens is 1. The number of amides is 1. The monoisotopic (exact) mass is 344 g/mol. The van der Waals surface area contributed by atoms with E-state index in [1.165, 1.54) is 0 Å². The van der Waals surface area contributed by atoms with Gasteiger partial charge in [0.15, 0.2) is 0 Å². The van der Waals surface area contributed by atoms with Crippen LogP contribution in [-0.4, -0.2) is 11.9 Å². The number of hydrogen-bond donors (Lipinski definition) is 2. The summed E-state index contributed by atoms with van der Waals surface area (Å²) in [5, 5.41) is 3.00. The van der Waals surface area contributed by atoms with E-state index in [0.717, 1.165) is 34.9 Å². The molecule has 2 unspecified atom stereocenters. The average Bonchev–Trinajstić information content (AvgIpc) is 2.32. The lowest BCUT2D eigenvalue weighted by atomic mass is 9.85. The molecule has 0 saturated heterocycles. The topological polar surface area (TPSA) is 55.1 Å². The van der Waals surface area contributed by atoms with Gasteiger partial charge in [-0.15, -0.1) is 0 Å². The summed E-state index contributed by atoms with van der Waals surface area (Å²) in [7, 11) is 0. The highest BCUT2D eigenvalue weighted by Gasteiger charge is 2.25. The van der Waals surface area contributed by atoms with Crippen molar-refractivity contribution in [2.75, 3.05) is 5.32 Å². The van der Waals surface area contributed by atoms with Gasteiger partial charge < -0.3 is 11.1 Å². The summed E-state index contributed by atoms with van der Waals surface area (Å²) in [5.41, 5.74) is 6.80.